The highest BCUT2D eigenvalue weighted by molar-refractivity contribution is 6.31. The van der Waals surface area contributed by atoms with Crippen molar-refractivity contribution in [3.8, 4) is 5.75 Å². The summed E-state index contributed by atoms with van der Waals surface area (Å²) in [7, 11) is 0. The van der Waals surface area contributed by atoms with Crippen LogP contribution in [0.1, 0.15) is 48.5 Å². The van der Waals surface area contributed by atoms with Crippen molar-refractivity contribution in [3.05, 3.63) is 93.5 Å². The van der Waals surface area contributed by atoms with Crippen LogP contribution in [0.3, 0.4) is 0 Å². The molecule has 0 heterocycles. The molecule has 0 fully saturated rings. The van der Waals surface area contributed by atoms with E-state index in [1.807, 2.05) is 31.2 Å². The molecule has 26 heavy (non-hydrogen) atoms. The third-order valence-corrected chi connectivity index (χ3v) is 4.82. The lowest BCUT2D eigenvalue weighted by Crippen LogP contribution is -2.23. The summed E-state index contributed by atoms with van der Waals surface area (Å²) in [5, 5.41) is 10.5. The van der Waals surface area contributed by atoms with Gasteiger partial charge in [0.05, 0.1) is 11.1 Å². The molecule has 0 saturated heterocycles. The summed E-state index contributed by atoms with van der Waals surface area (Å²) >= 11 is 0. The number of nitrogens with two attached hydrogens (primary N) is 1. The highest BCUT2D eigenvalue weighted by Crippen LogP contribution is 2.38. The number of carbonyl (C=O) groups excluding carboxylic acids is 2. The number of anilines is 1. The van der Waals surface area contributed by atoms with Gasteiger partial charge in [-0.3, -0.25) is 9.59 Å². The molecule has 4 heteroatoms. The van der Waals surface area contributed by atoms with E-state index >= 15 is 0 Å². The Hall–Kier alpha value is -3.40. The number of phenolic OH excluding ortho intramolecular Hbond substituents is 1. The van der Waals surface area contributed by atoms with Gasteiger partial charge < -0.3 is 10.8 Å². The average molecular weight is 343 g/mol. The molecule has 0 bridgehead atoms. The van der Waals surface area contributed by atoms with Crippen molar-refractivity contribution in [2.75, 3.05) is 5.73 Å². The van der Waals surface area contributed by atoms with E-state index in [-0.39, 0.29) is 34.1 Å². The van der Waals surface area contributed by atoms with Crippen molar-refractivity contribution in [2.45, 2.75) is 13.3 Å². The standard InChI is InChI=1S/C22H17NO3/c1-12-6-8-13(9-7-12)10-14-11-17(24)18-19(20(14)23)22(26)16-5-3-2-4-15(16)21(18)25/h2-9,11,24H,10,23H2,1H3. The molecule has 0 unspecified atom stereocenters. The van der Waals surface area contributed by atoms with Gasteiger partial charge in [-0.2, -0.15) is 0 Å². The smallest absolute Gasteiger partial charge is 0.198 e. The van der Waals surface area contributed by atoms with E-state index < -0.39 is 0 Å². The van der Waals surface area contributed by atoms with E-state index in [4.69, 9.17) is 5.73 Å². The highest BCUT2D eigenvalue weighted by Gasteiger charge is 2.34. The number of aromatic hydroxyl groups is 1. The molecule has 128 valence electrons. The van der Waals surface area contributed by atoms with Crippen LogP contribution in [0.4, 0.5) is 5.69 Å². The van der Waals surface area contributed by atoms with Crippen LogP contribution >= 0.6 is 0 Å². The molecule has 3 aromatic carbocycles. The number of hydrogen-bond acceptors (Lipinski definition) is 4. The Balaban J connectivity index is 1.87. The van der Waals surface area contributed by atoms with Gasteiger partial charge in [0.2, 0.25) is 0 Å². The summed E-state index contributed by atoms with van der Waals surface area (Å²) in [5.74, 6) is -0.904. The minimum Gasteiger partial charge on any atom is -0.507 e. The van der Waals surface area contributed by atoms with Gasteiger partial charge in [0, 0.05) is 16.8 Å². The molecule has 0 atom stereocenters. The average Bonchev–Trinajstić information content (AvgIpc) is 2.64. The molecular weight excluding hydrogens is 326 g/mol. The maximum absolute atomic E-state index is 12.9. The fourth-order valence-corrected chi connectivity index (χ4v) is 3.42. The van der Waals surface area contributed by atoms with Crippen LogP contribution in [0.2, 0.25) is 0 Å². The van der Waals surface area contributed by atoms with Gasteiger partial charge in [-0.05, 0) is 30.5 Å². The SMILES string of the molecule is Cc1ccc(Cc2cc(O)c3c(c2N)C(=O)c2ccccc2C3=O)cc1. The number of phenols is 1. The predicted molar refractivity (Wildman–Crippen MR) is 99.8 cm³/mol. The number of aryl methyl sites for hydroxylation is 1. The van der Waals surface area contributed by atoms with Crippen LogP contribution in [-0.2, 0) is 6.42 Å². The first-order valence-corrected chi connectivity index (χ1v) is 8.35. The molecule has 3 aromatic rings. The number of hydrogen-bond donors (Lipinski definition) is 2. The second kappa shape index (κ2) is 5.85. The number of carbonyl (C=O) groups is 2. The molecule has 4 nitrogen and oxygen atoms in total. The van der Waals surface area contributed by atoms with Crippen molar-refractivity contribution in [1.82, 2.24) is 0 Å². The van der Waals surface area contributed by atoms with Crippen molar-refractivity contribution >= 4 is 17.3 Å². The van der Waals surface area contributed by atoms with Gasteiger partial charge in [-0.15, -0.1) is 0 Å². The number of benzene rings is 3. The normalized spacial score (nSPS) is 12.7. The van der Waals surface area contributed by atoms with Gasteiger partial charge in [-0.25, -0.2) is 0 Å². The highest BCUT2D eigenvalue weighted by atomic mass is 16.3. The van der Waals surface area contributed by atoms with E-state index in [1.54, 1.807) is 24.3 Å². The monoisotopic (exact) mass is 343 g/mol. The Morgan fingerprint density at radius 2 is 1.46 bits per heavy atom. The molecule has 0 spiro atoms. The third kappa shape index (κ3) is 2.39. The Morgan fingerprint density at radius 3 is 2.08 bits per heavy atom. The minimum atomic E-state index is -0.374. The summed E-state index contributed by atoms with van der Waals surface area (Å²) in [6.07, 6.45) is 0.468. The van der Waals surface area contributed by atoms with Crippen LogP contribution < -0.4 is 5.73 Å². The molecule has 0 aliphatic heterocycles. The fourth-order valence-electron chi connectivity index (χ4n) is 3.42. The molecule has 3 N–H and O–H groups in total. The van der Waals surface area contributed by atoms with Crippen LogP contribution in [0.15, 0.2) is 54.6 Å². The summed E-state index contributed by atoms with van der Waals surface area (Å²) in [6, 6.07) is 16.1. The van der Waals surface area contributed by atoms with Crippen LogP contribution in [0.5, 0.6) is 5.75 Å². The van der Waals surface area contributed by atoms with E-state index in [0.29, 0.717) is 23.1 Å². The Bertz CT molecular complexity index is 1070. The lowest BCUT2D eigenvalue weighted by molar-refractivity contribution is 0.0977. The number of fused-ring (bicyclic) bond motifs is 2. The lowest BCUT2D eigenvalue weighted by atomic mass is 9.81. The van der Waals surface area contributed by atoms with Gasteiger partial charge in [0.25, 0.3) is 0 Å². The molecule has 0 radical (unpaired) electrons. The third-order valence-electron chi connectivity index (χ3n) is 4.82. The van der Waals surface area contributed by atoms with E-state index in [0.717, 1.165) is 11.1 Å². The van der Waals surface area contributed by atoms with Gasteiger partial charge in [-0.1, -0.05) is 54.1 Å². The molecule has 1 aliphatic rings. The van der Waals surface area contributed by atoms with Crippen molar-refractivity contribution in [1.29, 1.82) is 0 Å². The summed E-state index contributed by atoms with van der Waals surface area (Å²) in [5.41, 5.74) is 10.0. The number of ketones is 2. The first kappa shape index (κ1) is 16.1. The van der Waals surface area contributed by atoms with E-state index in [2.05, 4.69) is 0 Å². The van der Waals surface area contributed by atoms with Gasteiger partial charge >= 0.3 is 0 Å². The number of rotatable bonds is 2. The second-order valence-electron chi connectivity index (χ2n) is 6.58. The van der Waals surface area contributed by atoms with E-state index in [9.17, 15) is 14.7 Å². The van der Waals surface area contributed by atoms with E-state index in [1.165, 1.54) is 6.07 Å². The second-order valence-corrected chi connectivity index (χ2v) is 6.58. The topological polar surface area (TPSA) is 80.4 Å². The molecule has 0 saturated carbocycles. The predicted octanol–water partition coefficient (Wildman–Crippen LogP) is 3.65. The van der Waals surface area contributed by atoms with Crippen molar-refractivity contribution in [3.63, 3.8) is 0 Å². The Morgan fingerprint density at radius 1 is 0.885 bits per heavy atom. The zero-order valence-electron chi connectivity index (χ0n) is 14.2. The molecule has 1 aliphatic carbocycles. The van der Waals surface area contributed by atoms with Gasteiger partial charge in [0.1, 0.15) is 5.75 Å². The number of nitrogen functional groups attached to an aromatic ring is 1. The minimum absolute atomic E-state index is 0.00106. The van der Waals surface area contributed by atoms with Gasteiger partial charge in [0.15, 0.2) is 11.6 Å². The molecule has 0 amide bonds. The zero-order valence-corrected chi connectivity index (χ0v) is 14.2. The zero-order chi connectivity index (χ0) is 18.4. The van der Waals surface area contributed by atoms with Crippen molar-refractivity contribution in [2.24, 2.45) is 0 Å². The molecular formula is C22H17NO3. The van der Waals surface area contributed by atoms with Crippen LogP contribution in [0, 0.1) is 6.92 Å². The Labute approximate surface area is 150 Å². The first-order chi connectivity index (χ1) is 12.5. The summed E-state index contributed by atoms with van der Waals surface area (Å²) < 4.78 is 0. The fraction of sp³-hybridized carbons (Fsp3) is 0.0909. The van der Waals surface area contributed by atoms with Crippen LogP contribution in [-0.4, -0.2) is 16.7 Å². The maximum Gasteiger partial charge on any atom is 0.198 e. The summed E-state index contributed by atoms with van der Waals surface area (Å²) in [4.78, 5) is 25.7. The lowest BCUT2D eigenvalue weighted by Gasteiger charge is -2.21. The quantitative estimate of drug-likeness (QED) is 0.430. The maximum atomic E-state index is 12.9. The molecule has 4 rings (SSSR count). The van der Waals surface area contributed by atoms with Crippen molar-refractivity contribution < 1.29 is 14.7 Å². The Kier molecular flexibility index (Phi) is 3.62. The van der Waals surface area contributed by atoms with Crippen LogP contribution in [0.25, 0.3) is 0 Å². The largest absolute Gasteiger partial charge is 0.507 e. The first-order valence-electron chi connectivity index (χ1n) is 8.35. The summed E-state index contributed by atoms with van der Waals surface area (Å²) in [6.45, 7) is 2.00. The molecule has 0 aromatic heterocycles.